The largest absolute Gasteiger partial charge is 0.350 e. The number of aromatic nitrogens is 1. The number of anilines is 1. The number of carbonyl (C=O) groups excluding carboxylic acids is 1. The van der Waals surface area contributed by atoms with Crippen LogP contribution in [0.15, 0.2) is 12.1 Å². The molecule has 4 N–H and O–H groups in total. The molecule has 0 aromatic carbocycles. The van der Waals surface area contributed by atoms with Crippen LogP contribution in [0.1, 0.15) is 36.3 Å². The molecule has 106 valence electrons. The number of rotatable bonds is 7. The van der Waals surface area contributed by atoms with Crippen molar-refractivity contribution in [1.29, 1.82) is 0 Å². The fourth-order valence-electron chi connectivity index (χ4n) is 1.65. The van der Waals surface area contributed by atoms with Crippen molar-refractivity contribution in [1.82, 2.24) is 10.3 Å². The number of hydrogen-bond acceptors (Lipinski definition) is 5. The molecule has 0 radical (unpaired) electrons. The predicted molar refractivity (Wildman–Crippen MR) is 81.4 cm³/mol. The third-order valence-corrected chi connectivity index (χ3v) is 3.43. The van der Waals surface area contributed by atoms with Crippen molar-refractivity contribution >= 4 is 23.5 Å². The van der Waals surface area contributed by atoms with Crippen LogP contribution in [0.5, 0.6) is 0 Å². The SMILES string of the molecule is CCc1cc(C(=O)NC(C)CCSC)cc(NN)n1. The molecule has 0 saturated heterocycles. The number of pyridine rings is 1. The Kier molecular flexibility index (Phi) is 6.66. The van der Waals surface area contributed by atoms with Gasteiger partial charge in [-0.1, -0.05) is 6.92 Å². The molecule has 1 aromatic rings. The van der Waals surface area contributed by atoms with E-state index in [1.165, 1.54) is 0 Å². The second kappa shape index (κ2) is 8.01. The molecular weight excluding hydrogens is 260 g/mol. The highest BCUT2D eigenvalue weighted by Crippen LogP contribution is 2.11. The molecule has 1 atom stereocenters. The lowest BCUT2D eigenvalue weighted by Crippen LogP contribution is -2.33. The number of hydrogen-bond donors (Lipinski definition) is 3. The fourth-order valence-corrected chi connectivity index (χ4v) is 2.24. The second-order valence-corrected chi connectivity index (χ2v) is 5.37. The van der Waals surface area contributed by atoms with Gasteiger partial charge in [0.2, 0.25) is 0 Å². The molecule has 1 rings (SSSR count). The van der Waals surface area contributed by atoms with Gasteiger partial charge in [-0.25, -0.2) is 10.8 Å². The number of nitrogens with zero attached hydrogens (tertiary/aromatic N) is 1. The Labute approximate surface area is 118 Å². The summed E-state index contributed by atoms with van der Waals surface area (Å²) >= 11 is 1.78. The van der Waals surface area contributed by atoms with Crippen molar-refractivity contribution in [3.8, 4) is 0 Å². The maximum Gasteiger partial charge on any atom is 0.251 e. The number of thioether (sulfide) groups is 1. The van der Waals surface area contributed by atoms with E-state index >= 15 is 0 Å². The van der Waals surface area contributed by atoms with Crippen molar-refractivity contribution < 1.29 is 4.79 Å². The first-order chi connectivity index (χ1) is 9.10. The summed E-state index contributed by atoms with van der Waals surface area (Å²) in [5.41, 5.74) is 3.93. The first kappa shape index (κ1) is 15.8. The van der Waals surface area contributed by atoms with Crippen LogP contribution >= 0.6 is 11.8 Å². The van der Waals surface area contributed by atoms with Gasteiger partial charge in [-0.05, 0) is 43.9 Å². The zero-order chi connectivity index (χ0) is 14.3. The Morgan fingerprint density at radius 2 is 2.26 bits per heavy atom. The number of carbonyl (C=O) groups is 1. The fraction of sp³-hybridized carbons (Fsp3) is 0.538. The summed E-state index contributed by atoms with van der Waals surface area (Å²) in [7, 11) is 0. The minimum absolute atomic E-state index is 0.0813. The average molecular weight is 282 g/mol. The van der Waals surface area contributed by atoms with Crippen LogP contribution in [0.2, 0.25) is 0 Å². The molecule has 19 heavy (non-hydrogen) atoms. The Morgan fingerprint density at radius 3 is 2.84 bits per heavy atom. The summed E-state index contributed by atoms with van der Waals surface area (Å²) in [5, 5.41) is 2.98. The maximum atomic E-state index is 12.1. The molecule has 1 aromatic heterocycles. The molecule has 0 aliphatic heterocycles. The summed E-state index contributed by atoms with van der Waals surface area (Å²) in [5.74, 6) is 6.83. The van der Waals surface area contributed by atoms with Crippen LogP contribution in [0.25, 0.3) is 0 Å². The van der Waals surface area contributed by atoms with E-state index in [1.54, 1.807) is 23.9 Å². The highest BCUT2D eigenvalue weighted by molar-refractivity contribution is 7.98. The van der Waals surface area contributed by atoms with E-state index in [2.05, 4.69) is 22.0 Å². The van der Waals surface area contributed by atoms with Crippen LogP contribution in [0.4, 0.5) is 5.82 Å². The molecule has 0 aliphatic rings. The maximum absolute atomic E-state index is 12.1. The van der Waals surface area contributed by atoms with E-state index in [0.29, 0.717) is 11.4 Å². The number of nitrogens with one attached hydrogen (secondary N) is 2. The lowest BCUT2D eigenvalue weighted by molar-refractivity contribution is 0.0939. The Bertz CT molecular complexity index is 403. The molecule has 0 spiro atoms. The van der Waals surface area contributed by atoms with E-state index in [4.69, 9.17) is 5.84 Å². The number of hydrazine groups is 1. The number of nitrogens with two attached hydrogens (primary N) is 1. The van der Waals surface area contributed by atoms with Gasteiger partial charge in [-0.2, -0.15) is 11.8 Å². The molecule has 6 heteroatoms. The Hall–Kier alpha value is -1.27. The molecule has 1 amide bonds. The van der Waals surface area contributed by atoms with E-state index in [-0.39, 0.29) is 11.9 Å². The third kappa shape index (κ3) is 5.08. The van der Waals surface area contributed by atoms with Crippen LogP contribution in [-0.4, -0.2) is 28.9 Å². The molecule has 0 aliphatic carbocycles. The van der Waals surface area contributed by atoms with Crippen LogP contribution < -0.4 is 16.6 Å². The highest BCUT2D eigenvalue weighted by atomic mass is 32.2. The monoisotopic (exact) mass is 282 g/mol. The summed E-state index contributed by atoms with van der Waals surface area (Å²) in [6.07, 6.45) is 3.78. The topological polar surface area (TPSA) is 80.0 Å². The van der Waals surface area contributed by atoms with Gasteiger partial charge in [0.15, 0.2) is 0 Å². The molecule has 5 nitrogen and oxygen atoms in total. The zero-order valence-corrected chi connectivity index (χ0v) is 12.5. The summed E-state index contributed by atoms with van der Waals surface area (Å²) < 4.78 is 0. The van der Waals surface area contributed by atoms with Gasteiger partial charge >= 0.3 is 0 Å². The van der Waals surface area contributed by atoms with Gasteiger partial charge in [-0.3, -0.25) is 4.79 Å². The first-order valence-electron chi connectivity index (χ1n) is 6.38. The van der Waals surface area contributed by atoms with Crippen molar-refractivity contribution in [2.24, 2.45) is 5.84 Å². The molecule has 0 saturated carbocycles. The molecule has 0 bridgehead atoms. The second-order valence-electron chi connectivity index (χ2n) is 4.39. The van der Waals surface area contributed by atoms with Crippen LogP contribution in [-0.2, 0) is 6.42 Å². The van der Waals surface area contributed by atoms with Crippen molar-refractivity contribution in [3.63, 3.8) is 0 Å². The smallest absolute Gasteiger partial charge is 0.251 e. The average Bonchev–Trinajstić information content (AvgIpc) is 2.44. The van der Waals surface area contributed by atoms with E-state index in [9.17, 15) is 4.79 Å². The van der Waals surface area contributed by atoms with E-state index in [1.807, 2.05) is 13.8 Å². The molecule has 0 fully saturated rings. The van der Waals surface area contributed by atoms with Gasteiger partial charge in [0, 0.05) is 17.3 Å². The van der Waals surface area contributed by atoms with Crippen LogP contribution in [0.3, 0.4) is 0 Å². The quantitative estimate of drug-likeness (QED) is 0.525. The number of aryl methyl sites for hydroxylation is 1. The minimum Gasteiger partial charge on any atom is -0.350 e. The summed E-state index contributed by atoms with van der Waals surface area (Å²) in [6, 6.07) is 3.63. The Morgan fingerprint density at radius 1 is 1.53 bits per heavy atom. The van der Waals surface area contributed by atoms with Crippen molar-refractivity contribution in [3.05, 3.63) is 23.4 Å². The number of nitrogen functional groups attached to an aromatic ring is 1. The first-order valence-corrected chi connectivity index (χ1v) is 7.77. The van der Waals surface area contributed by atoms with Gasteiger partial charge in [0.1, 0.15) is 5.82 Å². The van der Waals surface area contributed by atoms with Gasteiger partial charge in [0.25, 0.3) is 5.91 Å². The van der Waals surface area contributed by atoms with Crippen LogP contribution in [0, 0.1) is 0 Å². The minimum atomic E-state index is -0.0813. The third-order valence-electron chi connectivity index (χ3n) is 2.78. The van der Waals surface area contributed by atoms with E-state index < -0.39 is 0 Å². The standard InChI is InChI=1S/C13H22N4OS/c1-4-11-7-10(8-12(16-11)17-14)13(18)15-9(2)5-6-19-3/h7-9H,4-6,14H2,1-3H3,(H,15,18)(H,16,17). The van der Waals surface area contributed by atoms with Crippen molar-refractivity contribution in [2.45, 2.75) is 32.7 Å². The van der Waals surface area contributed by atoms with E-state index in [0.717, 1.165) is 24.3 Å². The van der Waals surface area contributed by atoms with Crippen molar-refractivity contribution in [2.75, 3.05) is 17.4 Å². The zero-order valence-electron chi connectivity index (χ0n) is 11.7. The van der Waals surface area contributed by atoms with Gasteiger partial charge < -0.3 is 10.7 Å². The predicted octanol–water partition coefficient (Wildman–Crippen LogP) is 1.80. The lowest BCUT2D eigenvalue weighted by atomic mass is 10.1. The number of amides is 1. The van der Waals surface area contributed by atoms with Gasteiger partial charge in [-0.15, -0.1) is 0 Å². The molecule has 1 heterocycles. The highest BCUT2D eigenvalue weighted by Gasteiger charge is 2.12. The molecular formula is C13H22N4OS. The normalized spacial score (nSPS) is 12.0. The Balaban J connectivity index is 2.75. The van der Waals surface area contributed by atoms with Gasteiger partial charge in [0.05, 0.1) is 0 Å². The summed E-state index contributed by atoms with van der Waals surface area (Å²) in [6.45, 7) is 4.00. The molecule has 1 unspecified atom stereocenters. The summed E-state index contributed by atoms with van der Waals surface area (Å²) in [4.78, 5) is 16.4. The lowest BCUT2D eigenvalue weighted by Gasteiger charge is -2.14.